The van der Waals surface area contributed by atoms with E-state index in [1.54, 1.807) is 7.11 Å². The molecule has 0 radical (unpaired) electrons. The predicted octanol–water partition coefficient (Wildman–Crippen LogP) is 1.36. The van der Waals surface area contributed by atoms with Crippen molar-refractivity contribution in [3.63, 3.8) is 0 Å². The smallest absolute Gasteiger partial charge is 0.204 e. The minimum Gasteiger partial charge on any atom is -0.490 e. The molecule has 6 heteroatoms. The molecule has 2 atom stereocenters. The van der Waals surface area contributed by atoms with Crippen LogP contribution in [0.15, 0.2) is 6.33 Å². The Kier molecular flexibility index (Phi) is 4.19. The van der Waals surface area contributed by atoms with Gasteiger partial charge in [-0.1, -0.05) is 6.92 Å². The van der Waals surface area contributed by atoms with Crippen LogP contribution in [0.2, 0.25) is 0 Å². The van der Waals surface area contributed by atoms with Crippen LogP contribution in [0, 0.1) is 5.92 Å². The Morgan fingerprint density at radius 2 is 2.17 bits per heavy atom. The summed E-state index contributed by atoms with van der Waals surface area (Å²) in [5.41, 5.74) is 0. The Morgan fingerprint density at radius 1 is 1.39 bits per heavy atom. The molecule has 1 aliphatic rings. The van der Waals surface area contributed by atoms with Gasteiger partial charge in [0.1, 0.15) is 6.33 Å². The molecule has 1 fully saturated rings. The zero-order valence-corrected chi connectivity index (χ0v) is 11.1. The Morgan fingerprint density at radius 3 is 2.83 bits per heavy atom. The van der Waals surface area contributed by atoms with E-state index in [4.69, 9.17) is 9.47 Å². The summed E-state index contributed by atoms with van der Waals surface area (Å²) in [7, 11) is 3.43. The van der Waals surface area contributed by atoms with Crippen LogP contribution in [0.1, 0.15) is 13.3 Å². The van der Waals surface area contributed by atoms with E-state index >= 15 is 0 Å². The maximum absolute atomic E-state index is 5.43. The van der Waals surface area contributed by atoms with Gasteiger partial charge < -0.3 is 20.1 Å². The fraction of sp³-hybridized carbons (Fsp3) is 0.667. The summed E-state index contributed by atoms with van der Waals surface area (Å²) in [6, 6.07) is 0.354. The van der Waals surface area contributed by atoms with Crippen LogP contribution in [0.25, 0.3) is 0 Å². The molecule has 1 aliphatic heterocycles. The number of methoxy groups -OCH3 is 1. The maximum Gasteiger partial charge on any atom is 0.204 e. The van der Waals surface area contributed by atoms with Gasteiger partial charge in [0.2, 0.25) is 5.75 Å². The quantitative estimate of drug-likeness (QED) is 0.843. The Bertz CT molecular complexity index is 400. The summed E-state index contributed by atoms with van der Waals surface area (Å²) in [5, 5.41) is 6.42. The van der Waals surface area contributed by atoms with Gasteiger partial charge in [0.25, 0.3) is 0 Å². The summed E-state index contributed by atoms with van der Waals surface area (Å²) >= 11 is 0. The number of nitrogens with one attached hydrogen (secondary N) is 2. The number of ether oxygens (including phenoxy) is 2. The fourth-order valence-electron chi connectivity index (χ4n) is 2.12. The number of aromatic nitrogens is 2. The zero-order chi connectivity index (χ0) is 13.0. The molecule has 1 aromatic rings. The van der Waals surface area contributed by atoms with Crippen LogP contribution in [0.3, 0.4) is 0 Å². The molecule has 2 heterocycles. The summed E-state index contributed by atoms with van der Waals surface area (Å²) < 4.78 is 10.8. The van der Waals surface area contributed by atoms with E-state index in [0.29, 0.717) is 23.5 Å². The zero-order valence-electron chi connectivity index (χ0n) is 11.1. The first-order valence-electron chi connectivity index (χ1n) is 6.17. The van der Waals surface area contributed by atoms with Gasteiger partial charge in [-0.05, 0) is 12.3 Å². The van der Waals surface area contributed by atoms with Crippen LogP contribution in [-0.2, 0) is 4.74 Å². The second-order valence-electron chi connectivity index (χ2n) is 4.45. The van der Waals surface area contributed by atoms with Gasteiger partial charge in [0.05, 0.1) is 13.7 Å². The standard InChI is InChI=1S/C12H20N4O2/c1-8-6-18-5-4-9(8)16-12-10(17-3)11(13-2)14-7-15-12/h7-9H,4-6H2,1-3H3,(H2,13,14,15,16). The molecule has 1 saturated heterocycles. The van der Waals surface area contributed by atoms with Crippen molar-refractivity contribution in [2.24, 2.45) is 5.92 Å². The lowest BCUT2D eigenvalue weighted by Gasteiger charge is -2.30. The molecule has 2 unspecified atom stereocenters. The second-order valence-corrected chi connectivity index (χ2v) is 4.45. The summed E-state index contributed by atoms with van der Waals surface area (Å²) in [6.07, 6.45) is 2.50. The third-order valence-electron chi connectivity index (χ3n) is 3.21. The van der Waals surface area contributed by atoms with Gasteiger partial charge in [-0.2, -0.15) is 0 Å². The minimum atomic E-state index is 0.354. The number of rotatable bonds is 4. The Balaban J connectivity index is 2.17. The van der Waals surface area contributed by atoms with Crippen molar-refractivity contribution >= 4 is 11.6 Å². The first kappa shape index (κ1) is 12.9. The molecular weight excluding hydrogens is 232 g/mol. The molecule has 0 spiro atoms. The molecule has 0 aromatic carbocycles. The van der Waals surface area contributed by atoms with Crippen LogP contribution < -0.4 is 15.4 Å². The third kappa shape index (κ3) is 2.64. The Hall–Kier alpha value is -1.56. The van der Waals surface area contributed by atoms with Gasteiger partial charge >= 0.3 is 0 Å². The molecule has 1 aromatic heterocycles. The average molecular weight is 252 g/mol. The molecule has 18 heavy (non-hydrogen) atoms. The van der Waals surface area contributed by atoms with E-state index in [9.17, 15) is 0 Å². The topological polar surface area (TPSA) is 68.3 Å². The summed E-state index contributed by atoms with van der Waals surface area (Å²) in [6.45, 7) is 3.74. The minimum absolute atomic E-state index is 0.354. The first-order chi connectivity index (χ1) is 8.76. The maximum atomic E-state index is 5.43. The van der Waals surface area contributed by atoms with Crippen LogP contribution in [0.4, 0.5) is 11.6 Å². The molecule has 2 N–H and O–H groups in total. The summed E-state index contributed by atoms with van der Waals surface area (Å²) in [5.74, 6) is 2.53. The molecular formula is C12H20N4O2. The van der Waals surface area contributed by atoms with Crippen molar-refractivity contribution in [2.75, 3.05) is 38.0 Å². The average Bonchev–Trinajstić information content (AvgIpc) is 2.41. The highest BCUT2D eigenvalue weighted by Gasteiger charge is 2.23. The number of hydrogen-bond acceptors (Lipinski definition) is 6. The highest BCUT2D eigenvalue weighted by molar-refractivity contribution is 5.63. The van der Waals surface area contributed by atoms with E-state index in [1.165, 1.54) is 6.33 Å². The van der Waals surface area contributed by atoms with Crippen molar-refractivity contribution in [1.29, 1.82) is 0 Å². The van der Waals surface area contributed by atoms with Gasteiger partial charge in [0.15, 0.2) is 11.6 Å². The van der Waals surface area contributed by atoms with E-state index in [0.717, 1.165) is 25.5 Å². The van der Waals surface area contributed by atoms with Crippen molar-refractivity contribution in [1.82, 2.24) is 9.97 Å². The fourth-order valence-corrected chi connectivity index (χ4v) is 2.12. The van der Waals surface area contributed by atoms with E-state index in [2.05, 4.69) is 27.5 Å². The SMILES string of the molecule is CNc1ncnc(NC2CCOCC2C)c1OC. The highest BCUT2D eigenvalue weighted by Crippen LogP contribution is 2.30. The van der Waals surface area contributed by atoms with Gasteiger partial charge in [-0.3, -0.25) is 0 Å². The molecule has 100 valence electrons. The highest BCUT2D eigenvalue weighted by atomic mass is 16.5. The van der Waals surface area contributed by atoms with Gasteiger partial charge in [-0.15, -0.1) is 0 Å². The van der Waals surface area contributed by atoms with Crippen molar-refractivity contribution in [3.05, 3.63) is 6.33 Å². The monoisotopic (exact) mass is 252 g/mol. The number of anilines is 2. The summed E-state index contributed by atoms with van der Waals surface area (Å²) in [4.78, 5) is 8.39. The number of hydrogen-bond donors (Lipinski definition) is 2. The molecule has 6 nitrogen and oxygen atoms in total. The Labute approximate surface area is 107 Å². The molecule has 0 amide bonds. The molecule has 0 aliphatic carbocycles. The largest absolute Gasteiger partial charge is 0.490 e. The number of nitrogens with zero attached hydrogens (tertiary/aromatic N) is 2. The van der Waals surface area contributed by atoms with Crippen LogP contribution in [-0.4, -0.2) is 43.4 Å². The van der Waals surface area contributed by atoms with E-state index in [1.807, 2.05) is 7.05 Å². The predicted molar refractivity (Wildman–Crippen MR) is 70.1 cm³/mol. The lowest BCUT2D eigenvalue weighted by Crippen LogP contribution is -2.36. The van der Waals surface area contributed by atoms with Gasteiger partial charge in [0, 0.05) is 19.7 Å². The van der Waals surface area contributed by atoms with Crippen LogP contribution in [0.5, 0.6) is 5.75 Å². The van der Waals surface area contributed by atoms with Crippen molar-refractivity contribution < 1.29 is 9.47 Å². The molecule has 2 rings (SSSR count). The molecule has 0 saturated carbocycles. The molecule has 0 bridgehead atoms. The second kappa shape index (κ2) is 5.86. The van der Waals surface area contributed by atoms with E-state index in [-0.39, 0.29) is 0 Å². The van der Waals surface area contributed by atoms with Crippen LogP contribution >= 0.6 is 0 Å². The lowest BCUT2D eigenvalue weighted by molar-refractivity contribution is 0.0536. The lowest BCUT2D eigenvalue weighted by atomic mass is 9.98. The van der Waals surface area contributed by atoms with Gasteiger partial charge in [-0.25, -0.2) is 9.97 Å². The first-order valence-corrected chi connectivity index (χ1v) is 6.17. The van der Waals surface area contributed by atoms with Crippen molar-refractivity contribution in [3.8, 4) is 5.75 Å². The van der Waals surface area contributed by atoms with Crippen molar-refractivity contribution in [2.45, 2.75) is 19.4 Å². The third-order valence-corrected chi connectivity index (χ3v) is 3.21. The normalized spacial score (nSPS) is 23.5. The van der Waals surface area contributed by atoms with E-state index < -0.39 is 0 Å².